The average Bonchev–Trinajstić information content (AvgIpc) is 2.52. The first-order valence-electron chi connectivity index (χ1n) is 6.83. The van der Waals surface area contributed by atoms with E-state index in [1.54, 1.807) is 47.5 Å². The van der Waals surface area contributed by atoms with Crippen LogP contribution in [0.2, 0.25) is 5.02 Å². The molecule has 0 fully saturated rings. The Balaban J connectivity index is 2.06. The minimum absolute atomic E-state index is 0.0737. The summed E-state index contributed by atoms with van der Waals surface area (Å²) in [5.74, 6) is 0.287. The molecule has 6 heteroatoms. The van der Waals surface area contributed by atoms with Crippen LogP contribution in [0.4, 0.5) is 5.82 Å². The highest BCUT2D eigenvalue weighted by Crippen LogP contribution is 2.22. The van der Waals surface area contributed by atoms with Gasteiger partial charge in [0.2, 0.25) is 0 Å². The van der Waals surface area contributed by atoms with Gasteiger partial charge in [-0.1, -0.05) is 29.8 Å². The summed E-state index contributed by atoms with van der Waals surface area (Å²) < 4.78 is 0. The summed E-state index contributed by atoms with van der Waals surface area (Å²) in [5, 5.41) is 13.3. The minimum Gasteiger partial charge on any atom is -0.387 e. The lowest BCUT2D eigenvalue weighted by molar-refractivity contribution is 0.0916. The van der Waals surface area contributed by atoms with Crippen molar-refractivity contribution in [2.24, 2.45) is 0 Å². The molecule has 2 N–H and O–H groups in total. The van der Waals surface area contributed by atoms with Crippen molar-refractivity contribution in [1.29, 1.82) is 0 Å². The summed E-state index contributed by atoms with van der Waals surface area (Å²) in [7, 11) is 3.63. The second kappa shape index (κ2) is 7.24. The SMILES string of the molecule is CN(C)c1ncccc1C(=O)NCC(O)c1ccccc1Cl. The number of nitrogens with zero attached hydrogens (tertiary/aromatic N) is 2. The van der Waals surface area contributed by atoms with E-state index in [9.17, 15) is 9.90 Å². The molecule has 22 heavy (non-hydrogen) atoms. The van der Waals surface area contributed by atoms with E-state index in [4.69, 9.17) is 11.6 Å². The highest BCUT2D eigenvalue weighted by molar-refractivity contribution is 6.31. The number of hydrogen-bond donors (Lipinski definition) is 2. The molecule has 1 amide bonds. The van der Waals surface area contributed by atoms with Crippen LogP contribution >= 0.6 is 11.6 Å². The lowest BCUT2D eigenvalue weighted by Gasteiger charge is -2.17. The van der Waals surface area contributed by atoms with Gasteiger partial charge in [-0.3, -0.25) is 4.79 Å². The molecule has 5 nitrogen and oxygen atoms in total. The highest BCUT2D eigenvalue weighted by Gasteiger charge is 2.16. The lowest BCUT2D eigenvalue weighted by atomic mass is 10.1. The Morgan fingerprint density at radius 3 is 2.73 bits per heavy atom. The predicted molar refractivity (Wildman–Crippen MR) is 87.3 cm³/mol. The summed E-state index contributed by atoms with van der Waals surface area (Å²) in [4.78, 5) is 18.2. The van der Waals surface area contributed by atoms with Gasteiger partial charge in [0.05, 0.1) is 11.7 Å². The molecule has 0 saturated heterocycles. The first-order valence-corrected chi connectivity index (χ1v) is 7.21. The maximum Gasteiger partial charge on any atom is 0.255 e. The van der Waals surface area contributed by atoms with Crippen molar-refractivity contribution in [2.75, 3.05) is 25.5 Å². The first kappa shape index (κ1) is 16.3. The van der Waals surface area contributed by atoms with E-state index in [-0.39, 0.29) is 12.5 Å². The molecule has 2 aromatic rings. The van der Waals surface area contributed by atoms with Gasteiger partial charge < -0.3 is 15.3 Å². The highest BCUT2D eigenvalue weighted by atomic mass is 35.5. The maximum atomic E-state index is 12.3. The quantitative estimate of drug-likeness (QED) is 0.887. The number of benzene rings is 1. The van der Waals surface area contributed by atoms with Crippen LogP contribution in [0, 0.1) is 0 Å². The fourth-order valence-corrected chi connectivity index (χ4v) is 2.33. The Morgan fingerprint density at radius 1 is 1.32 bits per heavy atom. The van der Waals surface area contributed by atoms with Gasteiger partial charge in [0.1, 0.15) is 5.82 Å². The van der Waals surface area contributed by atoms with Crippen LogP contribution < -0.4 is 10.2 Å². The maximum absolute atomic E-state index is 12.3. The third-order valence-electron chi connectivity index (χ3n) is 3.18. The van der Waals surface area contributed by atoms with Gasteiger partial charge >= 0.3 is 0 Å². The molecule has 0 aliphatic heterocycles. The Bertz CT molecular complexity index is 661. The molecule has 1 heterocycles. The van der Waals surface area contributed by atoms with E-state index in [2.05, 4.69) is 10.3 Å². The largest absolute Gasteiger partial charge is 0.387 e. The van der Waals surface area contributed by atoms with E-state index in [1.165, 1.54) is 0 Å². The summed E-state index contributed by atoms with van der Waals surface area (Å²) in [6, 6.07) is 10.4. The summed E-state index contributed by atoms with van der Waals surface area (Å²) in [6.45, 7) is 0.0737. The van der Waals surface area contributed by atoms with Crippen LogP contribution in [0.15, 0.2) is 42.6 Å². The molecular weight excluding hydrogens is 302 g/mol. The number of aromatic nitrogens is 1. The molecule has 1 aromatic heterocycles. The van der Waals surface area contributed by atoms with Crippen molar-refractivity contribution in [3.8, 4) is 0 Å². The number of hydrogen-bond acceptors (Lipinski definition) is 4. The second-order valence-corrected chi connectivity index (χ2v) is 5.42. The van der Waals surface area contributed by atoms with Crippen molar-refractivity contribution in [1.82, 2.24) is 10.3 Å². The molecule has 0 radical (unpaired) electrons. The number of carbonyl (C=O) groups excluding carboxylic acids is 1. The van der Waals surface area contributed by atoms with E-state index in [0.717, 1.165) is 0 Å². The number of aliphatic hydroxyl groups excluding tert-OH is 1. The summed E-state index contributed by atoms with van der Waals surface area (Å²) in [6.07, 6.45) is 0.766. The normalized spacial score (nSPS) is 11.8. The fraction of sp³-hybridized carbons (Fsp3) is 0.250. The van der Waals surface area contributed by atoms with Crippen molar-refractivity contribution in [3.05, 3.63) is 58.7 Å². The van der Waals surface area contributed by atoms with E-state index >= 15 is 0 Å². The molecule has 116 valence electrons. The molecule has 1 atom stereocenters. The van der Waals surface area contributed by atoms with Crippen molar-refractivity contribution in [3.63, 3.8) is 0 Å². The van der Waals surface area contributed by atoms with Crippen LogP contribution in [0.25, 0.3) is 0 Å². The fourth-order valence-electron chi connectivity index (χ4n) is 2.07. The molecule has 2 rings (SSSR count). The second-order valence-electron chi connectivity index (χ2n) is 5.02. The number of rotatable bonds is 5. The first-order chi connectivity index (χ1) is 10.5. The lowest BCUT2D eigenvalue weighted by Crippen LogP contribution is -2.30. The molecule has 0 spiro atoms. The van der Waals surface area contributed by atoms with Crippen LogP contribution in [0.5, 0.6) is 0 Å². The summed E-state index contributed by atoms with van der Waals surface area (Å²) in [5.41, 5.74) is 1.04. The number of nitrogens with one attached hydrogen (secondary N) is 1. The van der Waals surface area contributed by atoms with Gasteiger partial charge in [0, 0.05) is 37.4 Å². The number of aliphatic hydroxyl groups is 1. The Morgan fingerprint density at radius 2 is 2.05 bits per heavy atom. The standard InChI is InChI=1S/C16H18ClN3O2/c1-20(2)15-12(7-5-9-18-15)16(22)19-10-14(21)11-6-3-4-8-13(11)17/h3-9,14,21H,10H2,1-2H3,(H,19,22). The topological polar surface area (TPSA) is 65.5 Å². The molecule has 0 saturated carbocycles. The van der Waals surface area contributed by atoms with Gasteiger partial charge in [-0.05, 0) is 18.2 Å². The third kappa shape index (κ3) is 3.75. The predicted octanol–water partition coefficient (Wildman–Crippen LogP) is 2.26. The van der Waals surface area contributed by atoms with Crippen LogP contribution in [-0.4, -0.2) is 36.6 Å². The van der Waals surface area contributed by atoms with Crippen LogP contribution in [0.1, 0.15) is 22.0 Å². The number of halogens is 1. The molecule has 0 aliphatic carbocycles. The summed E-state index contributed by atoms with van der Waals surface area (Å²) >= 11 is 6.03. The molecule has 0 aliphatic rings. The number of pyridine rings is 1. The van der Waals surface area contributed by atoms with E-state index in [1.807, 2.05) is 14.1 Å². The van der Waals surface area contributed by atoms with Crippen molar-refractivity contribution < 1.29 is 9.90 Å². The smallest absolute Gasteiger partial charge is 0.255 e. The molecule has 1 unspecified atom stereocenters. The van der Waals surface area contributed by atoms with Gasteiger partial charge in [-0.2, -0.15) is 0 Å². The van der Waals surface area contributed by atoms with Crippen molar-refractivity contribution >= 4 is 23.3 Å². The monoisotopic (exact) mass is 319 g/mol. The Kier molecular flexibility index (Phi) is 5.35. The molecular formula is C16H18ClN3O2. The number of anilines is 1. The molecule has 1 aromatic carbocycles. The van der Waals surface area contributed by atoms with Gasteiger partial charge in [0.25, 0.3) is 5.91 Å². The molecule has 0 bridgehead atoms. The van der Waals surface area contributed by atoms with E-state index < -0.39 is 6.10 Å². The Hall–Kier alpha value is -2.11. The van der Waals surface area contributed by atoms with Crippen molar-refractivity contribution in [2.45, 2.75) is 6.10 Å². The van der Waals surface area contributed by atoms with Crippen LogP contribution in [-0.2, 0) is 0 Å². The number of carbonyl (C=O) groups is 1. The zero-order valence-corrected chi connectivity index (χ0v) is 13.2. The van der Waals surface area contributed by atoms with Gasteiger partial charge in [-0.15, -0.1) is 0 Å². The van der Waals surface area contributed by atoms with Gasteiger partial charge in [0.15, 0.2) is 0 Å². The zero-order valence-electron chi connectivity index (χ0n) is 12.5. The van der Waals surface area contributed by atoms with E-state index in [0.29, 0.717) is 22.0 Å². The third-order valence-corrected chi connectivity index (χ3v) is 3.52. The Labute approximate surface area is 134 Å². The van der Waals surface area contributed by atoms with Gasteiger partial charge in [-0.25, -0.2) is 4.98 Å². The average molecular weight is 320 g/mol. The zero-order chi connectivity index (χ0) is 16.1. The number of amides is 1. The minimum atomic E-state index is -0.864. The van der Waals surface area contributed by atoms with Crippen LogP contribution in [0.3, 0.4) is 0 Å².